The molecule has 1 aliphatic rings. The molecule has 1 fully saturated rings. The fraction of sp³-hybridized carbons (Fsp3) is 0.364. The van der Waals surface area contributed by atoms with Gasteiger partial charge in [0.2, 0.25) is 5.91 Å². The van der Waals surface area contributed by atoms with E-state index in [-0.39, 0.29) is 17.7 Å². The fourth-order valence-electron chi connectivity index (χ4n) is 3.39. The number of rotatable bonds is 6. The highest BCUT2D eigenvalue weighted by atomic mass is 16.5. The minimum Gasteiger partial charge on any atom is -0.497 e. The van der Waals surface area contributed by atoms with Crippen LogP contribution in [0.25, 0.3) is 0 Å². The molecular weight excluding hydrogens is 354 g/mol. The Bertz CT molecular complexity index is 795. The van der Waals surface area contributed by atoms with Crippen LogP contribution in [0.5, 0.6) is 5.75 Å². The maximum absolute atomic E-state index is 12.6. The van der Waals surface area contributed by atoms with E-state index in [1.165, 1.54) is 0 Å². The van der Waals surface area contributed by atoms with E-state index in [9.17, 15) is 9.59 Å². The van der Waals surface area contributed by atoms with Crippen LogP contribution in [0, 0.1) is 5.92 Å². The predicted octanol–water partition coefficient (Wildman–Crippen LogP) is 2.32. The summed E-state index contributed by atoms with van der Waals surface area (Å²) in [4.78, 5) is 26.9. The van der Waals surface area contributed by atoms with Gasteiger partial charge < -0.3 is 20.7 Å². The number of likely N-dealkylation sites (tertiary alicyclic amines) is 1. The Morgan fingerprint density at radius 2 is 1.64 bits per heavy atom. The smallest absolute Gasteiger partial charge is 0.253 e. The largest absolute Gasteiger partial charge is 0.497 e. The first-order chi connectivity index (χ1) is 13.6. The Morgan fingerprint density at radius 3 is 2.21 bits per heavy atom. The summed E-state index contributed by atoms with van der Waals surface area (Å²) in [5.41, 5.74) is 8.30. The van der Waals surface area contributed by atoms with Crippen molar-refractivity contribution < 1.29 is 14.3 Å². The molecule has 0 radical (unpaired) electrons. The Kier molecular flexibility index (Phi) is 6.66. The van der Waals surface area contributed by atoms with Crippen LogP contribution in [-0.4, -0.2) is 36.9 Å². The first-order valence-electron chi connectivity index (χ1n) is 9.59. The van der Waals surface area contributed by atoms with E-state index in [0.29, 0.717) is 44.6 Å². The molecule has 2 amide bonds. The highest BCUT2D eigenvalue weighted by Gasteiger charge is 2.27. The number of ether oxygens (including phenoxy) is 1. The molecule has 1 heterocycles. The van der Waals surface area contributed by atoms with Crippen LogP contribution in [0.1, 0.15) is 34.3 Å². The lowest BCUT2D eigenvalue weighted by atomic mass is 9.95. The molecule has 1 aliphatic heterocycles. The summed E-state index contributed by atoms with van der Waals surface area (Å²) in [5, 5.41) is 3.00. The van der Waals surface area contributed by atoms with Crippen molar-refractivity contribution in [2.75, 3.05) is 20.2 Å². The summed E-state index contributed by atoms with van der Waals surface area (Å²) in [6.07, 6.45) is 1.36. The lowest BCUT2D eigenvalue weighted by Crippen LogP contribution is -2.42. The summed E-state index contributed by atoms with van der Waals surface area (Å²) in [6, 6.07) is 15.0. The van der Waals surface area contributed by atoms with E-state index < -0.39 is 0 Å². The van der Waals surface area contributed by atoms with E-state index in [0.717, 1.165) is 16.9 Å². The number of hydrogen-bond donors (Lipinski definition) is 2. The van der Waals surface area contributed by atoms with Crippen molar-refractivity contribution in [1.82, 2.24) is 10.2 Å². The standard InChI is InChI=1S/C22H27N3O3/c1-28-20-8-4-17(5-9-20)15-24-21(26)18-10-12-25(13-11-18)22(27)19-6-2-16(14-23)3-7-19/h2-9,18H,10-15,23H2,1H3,(H,24,26). The summed E-state index contributed by atoms with van der Waals surface area (Å²) in [5.74, 6) is 0.808. The second-order valence-corrected chi connectivity index (χ2v) is 7.03. The molecule has 6 heteroatoms. The highest BCUT2D eigenvalue weighted by Crippen LogP contribution is 2.20. The lowest BCUT2D eigenvalue weighted by Gasteiger charge is -2.31. The number of methoxy groups -OCH3 is 1. The number of benzene rings is 2. The second kappa shape index (κ2) is 9.37. The average molecular weight is 381 g/mol. The quantitative estimate of drug-likeness (QED) is 0.804. The molecule has 1 saturated heterocycles. The van der Waals surface area contributed by atoms with Gasteiger partial charge in [0, 0.05) is 37.7 Å². The second-order valence-electron chi connectivity index (χ2n) is 7.03. The fourth-order valence-corrected chi connectivity index (χ4v) is 3.39. The number of nitrogens with zero attached hydrogens (tertiary/aromatic N) is 1. The molecule has 28 heavy (non-hydrogen) atoms. The summed E-state index contributed by atoms with van der Waals surface area (Å²) >= 11 is 0. The van der Waals surface area contributed by atoms with Gasteiger partial charge in [-0.1, -0.05) is 24.3 Å². The minimum atomic E-state index is -0.0538. The normalized spacial score (nSPS) is 14.6. The zero-order valence-electron chi connectivity index (χ0n) is 16.2. The van der Waals surface area contributed by atoms with Crippen molar-refractivity contribution in [3.8, 4) is 5.75 Å². The Balaban J connectivity index is 1.47. The molecule has 6 nitrogen and oxygen atoms in total. The maximum Gasteiger partial charge on any atom is 0.253 e. The van der Waals surface area contributed by atoms with Crippen molar-refractivity contribution in [1.29, 1.82) is 0 Å². The van der Waals surface area contributed by atoms with Gasteiger partial charge in [-0.25, -0.2) is 0 Å². The van der Waals surface area contributed by atoms with Gasteiger partial charge in [-0.2, -0.15) is 0 Å². The summed E-state index contributed by atoms with van der Waals surface area (Å²) in [6.45, 7) is 2.15. The first-order valence-corrected chi connectivity index (χ1v) is 9.59. The minimum absolute atomic E-state index is 0.0145. The molecule has 148 valence electrons. The van der Waals surface area contributed by atoms with E-state index in [4.69, 9.17) is 10.5 Å². The Hall–Kier alpha value is -2.86. The molecule has 3 N–H and O–H groups in total. The molecule has 0 aromatic heterocycles. The number of nitrogens with two attached hydrogens (primary N) is 1. The van der Waals surface area contributed by atoms with Gasteiger partial charge in [-0.3, -0.25) is 9.59 Å². The summed E-state index contributed by atoms with van der Waals surface area (Å²) in [7, 11) is 1.63. The molecule has 0 spiro atoms. The first kappa shape index (κ1) is 19.9. The SMILES string of the molecule is COc1ccc(CNC(=O)C2CCN(C(=O)c3ccc(CN)cc3)CC2)cc1. The van der Waals surface area contributed by atoms with Crippen LogP contribution in [0.15, 0.2) is 48.5 Å². The van der Waals surface area contributed by atoms with Gasteiger partial charge in [0.25, 0.3) is 5.91 Å². The van der Waals surface area contributed by atoms with E-state index >= 15 is 0 Å². The number of carbonyl (C=O) groups excluding carboxylic acids is 2. The van der Waals surface area contributed by atoms with Gasteiger partial charge in [0.1, 0.15) is 5.75 Å². The molecule has 3 rings (SSSR count). The monoisotopic (exact) mass is 381 g/mol. The number of nitrogens with one attached hydrogen (secondary N) is 1. The van der Waals surface area contributed by atoms with Crippen LogP contribution in [0.3, 0.4) is 0 Å². The lowest BCUT2D eigenvalue weighted by molar-refractivity contribution is -0.126. The van der Waals surface area contributed by atoms with Crippen LogP contribution in [0.4, 0.5) is 0 Å². The van der Waals surface area contributed by atoms with Crippen LogP contribution >= 0.6 is 0 Å². The van der Waals surface area contributed by atoms with E-state index in [2.05, 4.69) is 5.32 Å². The van der Waals surface area contributed by atoms with Crippen LogP contribution in [-0.2, 0) is 17.9 Å². The summed E-state index contributed by atoms with van der Waals surface area (Å²) < 4.78 is 5.14. The molecule has 0 unspecified atom stereocenters. The van der Waals surface area contributed by atoms with Crippen LogP contribution < -0.4 is 15.8 Å². The number of amides is 2. The third-order valence-corrected chi connectivity index (χ3v) is 5.22. The van der Waals surface area contributed by atoms with Crippen molar-refractivity contribution in [3.05, 3.63) is 65.2 Å². The third kappa shape index (κ3) is 4.89. The van der Waals surface area contributed by atoms with Gasteiger partial charge >= 0.3 is 0 Å². The Morgan fingerprint density at radius 1 is 1.04 bits per heavy atom. The van der Waals surface area contributed by atoms with E-state index in [1.54, 1.807) is 7.11 Å². The van der Waals surface area contributed by atoms with Crippen molar-refractivity contribution in [2.24, 2.45) is 11.7 Å². The van der Waals surface area contributed by atoms with Gasteiger partial charge in [-0.15, -0.1) is 0 Å². The average Bonchev–Trinajstić information content (AvgIpc) is 2.77. The van der Waals surface area contributed by atoms with E-state index in [1.807, 2.05) is 53.4 Å². The van der Waals surface area contributed by atoms with Gasteiger partial charge in [0.05, 0.1) is 7.11 Å². The molecule has 0 atom stereocenters. The number of piperidine rings is 1. The van der Waals surface area contributed by atoms with Gasteiger partial charge in [-0.05, 0) is 48.2 Å². The number of hydrogen-bond acceptors (Lipinski definition) is 4. The van der Waals surface area contributed by atoms with Crippen molar-refractivity contribution in [3.63, 3.8) is 0 Å². The molecular formula is C22H27N3O3. The number of carbonyl (C=O) groups is 2. The van der Waals surface area contributed by atoms with Crippen molar-refractivity contribution in [2.45, 2.75) is 25.9 Å². The van der Waals surface area contributed by atoms with Gasteiger partial charge in [0.15, 0.2) is 0 Å². The topological polar surface area (TPSA) is 84.7 Å². The zero-order valence-corrected chi connectivity index (χ0v) is 16.2. The maximum atomic E-state index is 12.6. The molecule has 0 aliphatic carbocycles. The zero-order chi connectivity index (χ0) is 19.9. The highest BCUT2D eigenvalue weighted by molar-refractivity contribution is 5.94. The third-order valence-electron chi connectivity index (χ3n) is 5.22. The molecule has 0 bridgehead atoms. The molecule has 2 aromatic carbocycles. The Labute approximate surface area is 165 Å². The predicted molar refractivity (Wildman–Crippen MR) is 108 cm³/mol. The molecule has 0 saturated carbocycles. The van der Waals surface area contributed by atoms with Crippen LogP contribution in [0.2, 0.25) is 0 Å². The van der Waals surface area contributed by atoms with Crippen molar-refractivity contribution >= 4 is 11.8 Å². The molecule has 2 aromatic rings.